The predicted molar refractivity (Wildman–Crippen MR) is 66.4 cm³/mol. The summed E-state index contributed by atoms with van der Waals surface area (Å²) in [5, 5.41) is 4.04. The summed E-state index contributed by atoms with van der Waals surface area (Å²) in [6.45, 7) is 5.13. The normalized spacial score (nSPS) is 17.6. The lowest BCUT2D eigenvalue weighted by Crippen LogP contribution is -2.19. The molecule has 1 saturated carbocycles. The standard InChI is InChI=1S/C13H23N3O/c1-9(2)5-11(8-14)7-13-15-12(16-17-13)6-10-3-4-10/h9-11H,3-8,14H2,1-2H3/t11-/m0/s1. The molecule has 96 valence electrons. The van der Waals surface area contributed by atoms with E-state index in [1.807, 2.05) is 0 Å². The van der Waals surface area contributed by atoms with Gasteiger partial charge in [0.25, 0.3) is 0 Å². The Bertz CT molecular complexity index is 344. The van der Waals surface area contributed by atoms with Crippen molar-refractivity contribution >= 4 is 0 Å². The molecule has 0 spiro atoms. The van der Waals surface area contributed by atoms with Gasteiger partial charge in [-0.25, -0.2) is 0 Å². The highest BCUT2D eigenvalue weighted by Crippen LogP contribution is 2.31. The molecule has 1 aromatic heterocycles. The number of aromatic nitrogens is 2. The molecule has 0 unspecified atom stereocenters. The lowest BCUT2D eigenvalue weighted by atomic mass is 9.94. The van der Waals surface area contributed by atoms with Crippen molar-refractivity contribution in [2.24, 2.45) is 23.5 Å². The van der Waals surface area contributed by atoms with Crippen molar-refractivity contribution in [3.63, 3.8) is 0 Å². The first-order valence-electron chi connectivity index (χ1n) is 6.69. The molecular formula is C13H23N3O. The van der Waals surface area contributed by atoms with Crippen LogP contribution in [-0.2, 0) is 12.8 Å². The third kappa shape index (κ3) is 4.11. The Morgan fingerprint density at radius 2 is 2.18 bits per heavy atom. The molecule has 1 atom stereocenters. The van der Waals surface area contributed by atoms with E-state index in [1.54, 1.807) is 0 Å². The fourth-order valence-corrected chi connectivity index (χ4v) is 2.21. The smallest absolute Gasteiger partial charge is 0.226 e. The molecule has 2 N–H and O–H groups in total. The van der Waals surface area contributed by atoms with Crippen molar-refractivity contribution in [3.05, 3.63) is 11.7 Å². The Hall–Kier alpha value is -0.900. The summed E-state index contributed by atoms with van der Waals surface area (Å²) in [6, 6.07) is 0. The zero-order chi connectivity index (χ0) is 12.3. The molecule has 4 nitrogen and oxygen atoms in total. The van der Waals surface area contributed by atoms with Gasteiger partial charge in [-0.15, -0.1) is 0 Å². The minimum absolute atomic E-state index is 0.462. The molecule has 0 saturated heterocycles. The van der Waals surface area contributed by atoms with Crippen LogP contribution in [0.4, 0.5) is 0 Å². The molecule has 2 rings (SSSR count). The van der Waals surface area contributed by atoms with Crippen LogP contribution in [0.25, 0.3) is 0 Å². The van der Waals surface area contributed by atoms with Gasteiger partial charge < -0.3 is 10.3 Å². The Kier molecular flexibility index (Phi) is 4.15. The van der Waals surface area contributed by atoms with E-state index in [-0.39, 0.29) is 0 Å². The Balaban J connectivity index is 1.85. The van der Waals surface area contributed by atoms with Gasteiger partial charge in [-0.1, -0.05) is 19.0 Å². The van der Waals surface area contributed by atoms with Gasteiger partial charge in [0.2, 0.25) is 5.89 Å². The topological polar surface area (TPSA) is 64.9 Å². The minimum atomic E-state index is 0.462. The number of hydrogen-bond donors (Lipinski definition) is 1. The summed E-state index contributed by atoms with van der Waals surface area (Å²) in [5.41, 5.74) is 5.78. The van der Waals surface area contributed by atoms with Crippen LogP contribution in [-0.4, -0.2) is 16.7 Å². The molecule has 17 heavy (non-hydrogen) atoms. The molecule has 1 fully saturated rings. The lowest BCUT2D eigenvalue weighted by Gasteiger charge is -2.14. The van der Waals surface area contributed by atoms with Crippen LogP contribution >= 0.6 is 0 Å². The van der Waals surface area contributed by atoms with Crippen LogP contribution in [0.1, 0.15) is 44.8 Å². The fraction of sp³-hybridized carbons (Fsp3) is 0.846. The molecule has 1 aliphatic rings. The van der Waals surface area contributed by atoms with Gasteiger partial charge in [-0.05, 0) is 43.6 Å². The first kappa shape index (κ1) is 12.6. The predicted octanol–water partition coefficient (Wildman–Crippen LogP) is 2.19. The third-order valence-corrected chi connectivity index (χ3v) is 3.28. The summed E-state index contributed by atoms with van der Waals surface area (Å²) in [6.07, 6.45) is 5.58. The van der Waals surface area contributed by atoms with E-state index >= 15 is 0 Å². The average Bonchev–Trinajstić information content (AvgIpc) is 2.97. The summed E-state index contributed by atoms with van der Waals surface area (Å²) in [7, 11) is 0. The highest BCUT2D eigenvalue weighted by atomic mass is 16.5. The van der Waals surface area contributed by atoms with Crippen molar-refractivity contribution in [2.45, 2.75) is 46.0 Å². The number of nitrogens with zero attached hydrogens (tertiary/aromatic N) is 2. The minimum Gasteiger partial charge on any atom is -0.339 e. The quantitative estimate of drug-likeness (QED) is 0.789. The first-order valence-corrected chi connectivity index (χ1v) is 6.69. The van der Waals surface area contributed by atoms with E-state index in [0.717, 1.165) is 36.9 Å². The SMILES string of the molecule is CC(C)C[C@H](CN)Cc1nc(CC2CC2)no1. The maximum atomic E-state index is 5.78. The molecular weight excluding hydrogens is 214 g/mol. The van der Waals surface area contributed by atoms with E-state index in [2.05, 4.69) is 24.0 Å². The van der Waals surface area contributed by atoms with Gasteiger partial charge in [0.15, 0.2) is 5.82 Å². The number of rotatable bonds is 7. The maximum Gasteiger partial charge on any atom is 0.226 e. The zero-order valence-electron chi connectivity index (χ0n) is 10.9. The maximum absolute atomic E-state index is 5.78. The first-order chi connectivity index (χ1) is 8.17. The van der Waals surface area contributed by atoms with Crippen LogP contribution in [0.2, 0.25) is 0 Å². The van der Waals surface area contributed by atoms with E-state index in [0.29, 0.717) is 18.4 Å². The lowest BCUT2D eigenvalue weighted by molar-refractivity contribution is 0.329. The largest absolute Gasteiger partial charge is 0.339 e. The number of hydrogen-bond acceptors (Lipinski definition) is 4. The molecule has 0 bridgehead atoms. The molecule has 0 aliphatic heterocycles. The molecule has 4 heteroatoms. The Labute approximate surface area is 103 Å². The van der Waals surface area contributed by atoms with E-state index < -0.39 is 0 Å². The molecule has 0 radical (unpaired) electrons. The second-order valence-corrected chi connectivity index (χ2v) is 5.69. The Morgan fingerprint density at radius 1 is 1.41 bits per heavy atom. The van der Waals surface area contributed by atoms with Crippen LogP contribution in [0.5, 0.6) is 0 Å². The Morgan fingerprint density at radius 3 is 2.76 bits per heavy atom. The second-order valence-electron chi connectivity index (χ2n) is 5.69. The monoisotopic (exact) mass is 237 g/mol. The van der Waals surface area contributed by atoms with Crippen LogP contribution < -0.4 is 5.73 Å². The second kappa shape index (κ2) is 5.63. The molecule has 0 amide bonds. The summed E-state index contributed by atoms with van der Waals surface area (Å²) < 4.78 is 5.29. The van der Waals surface area contributed by atoms with E-state index in [1.165, 1.54) is 12.8 Å². The van der Waals surface area contributed by atoms with E-state index in [4.69, 9.17) is 10.3 Å². The van der Waals surface area contributed by atoms with Crippen molar-refractivity contribution in [1.82, 2.24) is 10.1 Å². The van der Waals surface area contributed by atoms with Crippen LogP contribution in [0, 0.1) is 17.8 Å². The van der Waals surface area contributed by atoms with Crippen molar-refractivity contribution in [2.75, 3.05) is 6.54 Å². The van der Waals surface area contributed by atoms with Crippen molar-refractivity contribution < 1.29 is 4.52 Å². The summed E-state index contributed by atoms with van der Waals surface area (Å²) >= 11 is 0. The van der Waals surface area contributed by atoms with E-state index in [9.17, 15) is 0 Å². The van der Waals surface area contributed by atoms with Gasteiger partial charge in [0.1, 0.15) is 0 Å². The van der Waals surface area contributed by atoms with Crippen molar-refractivity contribution in [1.29, 1.82) is 0 Å². The van der Waals surface area contributed by atoms with Gasteiger partial charge >= 0.3 is 0 Å². The molecule has 1 heterocycles. The highest BCUT2D eigenvalue weighted by Gasteiger charge is 2.24. The highest BCUT2D eigenvalue weighted by molar-refractivity contribution is 4.93. The zero-order valence-corrected chi connectivity index (χ0v) is 10.9. The molecule has 1 aromatic rings. The summed E-state index contributed by atoms with van der Waals surface area (Å²) in [5.74, 6) is 3.57. The molecule has 1 aliphatic carbocycles. The average molecular weight is 237 g/mol. The van der Waals surface area contributed by atoms with Gasteiger partial charge in [0.05, 0.1) is 0 Å². The summed E-state index contributed by atoms with van der Waals surface area (Å²) in [4.78, 5) is 4.45. The number of nitrogens with two attached hydrogens (primary N) is 1. The third-order valence-electron chi connectivity index (χ3n) is 3.28. The van der Waals surface area contributed by atoms with Gasteiger partial charge in [-0.2, -0.15) is 4.98 Å². The fourth-order valence-electron chi connectivity index (χ4n) is 2.21. The van der Waals surface area contributed by atoms with Gasteiger partial charge in [0, 0.05) is 12.8 Å². The van der Waals surface area contributed by atoms with Crippen molar-refractivity contribution in [3.8, 4) is 0 Å². The van der Waals surface area contributed by atoms with Gasteiger partial charge in [-0.3, -0.25) is 0 Å². The molecule has 0 aromatic carbocycles. The van der Waals surface area contributed by atoms with Crippen LogP contribution in [0.3, 0.4) is 0 Å². The van der Waals surface area contributed by atoms with Crippen LogP contribution in [0.15, 0.2) is 4.52 Å².